The molecule has 1 heterocycles. The van der Waals surface area contributed by atoms with E-state index in [2.05, 4.69) is 11.6 Å². The lowest BCUT2D eigenvalue weighted by Gasteiger charge is -1.99. The van der Waals surface area contributed by atoms with Gasteiger partial charge in [0.25, 0.3) is 0 Å². The first kappa shape index (κ1) is 9.13. The van der Waals surface area contributed by atoms with Crippen LogP contribution in [0.25, 0.3) is 0 Å². The van der Waals surface area contributed by atoms with Crippen molar-refractivity contribution >= 4 is 11.8 Å². The van der Waals surface area contributed by atoms with Crippen LogP contribution in [0.4, 0.5) is 0 Å². The Bertz CT molecular complexity index is 246. The molecule has 1 aromatic rings. The van der Waals surface area contributed by atoms with Gasteiger partial charge in [0.2, 0.25) is 0 Å². The van der Waals surface area contributed by atoms with Crippen LogP contribution in [0.3, 0.4) is 0 Å². The van der Waals surface area contributed by atoms with Gasteiger partial charge in [0.15, 0.2) is 0 Å². The van der Waals surface area contributed by atoms with Crippen molar-refractivity contribution in [3.05, 3.63) is 41.7 Å². The molecule has 0 amide bonds. The Balaban J connectivity index is 2.29. The average Bonchev–Trinajstić information content (AvgIpc) is 2.05. The maximum absolute atomic E-state index is 5.40. The smallest absolute Gasteiger partial charge is 0.0582 e. The fraction of sp³-hybridized carbons (Fsp3) is 0.222. The standard InChI is InChI=1S/C9H12N2S/c1-8(10)12-7-5-9-4-2-3-6-11-9/h2-4,6H,1,5,7,10H2. The van der Waals surface area contributed by atoms with Crippen molar-refractivity contribution in [1.29, 1.82) is 0 Å². The van der Waals surface area contributed by atoms with E-state index in [1.807, 2.05) is 18.2 Å². The molecule has 1 rings (SSSR count). The van der Waals surface area contributed by atoms with Gasteiger partial charge in [0, 0.05) is 17.6 Å². The summed E-state index contributed by atoms with van der Waals surface area (Å²) >= 11 is 1.57. The van der Waals surface area contributed by atoms with E-state index in [1.54, 1.807) is 18.0 Å². The molecule has 0 atom stereocenters. The SMILES string of the molecule is C=C(N)SCCc1ccccn1. The highest BCUT2D eigenvalue weighted by Gasteiger charge is 1.93. The van der Waals surface area contributed by atoms with Crippen molar-refractivity contribution in [1.82, 2.24) is 4.98 Å². The van der Waals surface area contributed by atoms with Crippen LogP contribution in [0.2, 0.25) is 0 Å². The number of thioether (sulfide) groups is 1. The summed E-state index contributed by atoms with van der Waals surface area (Å²) in [4.78, 5) is 4.19. The number of nitrogens with two attached hydrogens (primary N) is 1. The molecule has 0 aromatic carbocycles. The molecule has 0 aliphatic carbocycles. The Labute approximate surface area is 76.9 Å². The van der Waals surface area contributed by atoms with Crippen LogP contribution in [-0.4, -0.2) is 10.7 Å². The Morgan fingerprint density at radius 1 is 1.58 bits per heavy atom. The van der Waals surface area contributed by atoms with Gasteiger partial charge in [-0.3, -0.25) is 4.98 Å². The van der Waals surface area contributed by atoms with Crippen molar-refractivity contribution < 1.29 is 0 Å². The third-order valence-electron chi connectivity index (χ3n) is 1.37. The van der Waals surface area contributed by atoms with Gasteiger partial charge in [0.1, 0.15) is 0 Å². The molecule has 0 aliphatic rings. The van der Waals surface area contributed by atoms with Crippen molar-refractivity contribution in [2.45, 2.75) is 6.42 Å². The van der Waals surface area contributed by atoms with E-state index < -0.39 is 0 Å². The van der Waals surface area contributed by atoms with Crippen LogP contribution in [-0.2, 0) is 6.42 Å². The summed E-state index contributed by atoms with van der Waals surface area (Å²) < 4.78 is 0. The zero-order valence-corrected chi connectivity index (χ0v) is 7.68. The van der Waals surface area contributed by atoms with E-state index in [1.165, 1.54) is 0 Å². The highest BCUT2D eigenvalue weighted by atomic mass is 32.2. The first-order chi connectivity index (χ1) is 5.79. The van der Waals surface area contributed by atoms with E-state index in [9.17, 15) is 0 Å². The zero-order valence-electron chi connectivity index (χ0n) is 6.86. The van der Waals surface area contributed by atoms with Crippen LogP contribution in [0.1, 0.15) is 5.69 Å². The molecular weight excluding hydrogens is 168 g/mol. The third kappa shape index (κ3) is 3.44. The molecule has 0 spiro atoms. The number of rotatable bonds is 4. The molecule has 2 nitrogen and oxygen atoms in total. The van der Waals surface area contributed by atoms with Gasteiger partial charge in [-0.05, 0) is 18.6 Å². The van der Waals surface area contributed by atoms with Crippen molar-refractivity contribution in [3.63, 3.8) is 0 Å². The molecule has 0 saturated heterocycles. The van der Waals surface area contributed by atoms with Gasteiger partial charge in [-0.2, -0.15) is 0 Å². The van der Waals surface area contributed by atoms with Crippen LogP contribution in [0.5, 0.6) is 0 Å². The molecule has 0 radical (unpaired) electrons. The maximum atomic E-state index is 5.40. The summed E-state index contributed by atoms with van der Waals surface area (Å²) in [6, 6.07) is 5.92. The fourth-order valence-corrected chi connectivity index (χ4v) is 1.41. The summed E-state index contributed by atoms with van der Waals surface area (Å²) in [5.74, 6) is 0.951. The number of nitrogens with zero attached hydrogens (tertiary/aromatic N) is 1. The highest BCUT2D eigenvalue weighted by Crippen LogP contribution is 2.08. The van der Waals surface area contributed by atoms with Gasteiger partial charge in [-0.15, -0.1) is 11.8 Å². The molecule has 0 unspecified atom stereocenters. The monoisotopic (exact) mass is 180 g/mol. The van der Waals surface area contributed by atoms with Gasteiger partial charge >= 0.3 is 0 Å². The predicted molar refractivity (Wildman–Crippen MR) is 53.7 cm³/mol. The van der Waals surface area contributed by atoms with Gasteiger partial charge < -0.3 is 5.73 Å². The molecule has 1 aromatic heterocycles. The predicted octanol–water partition coefficient (Wildman–Crippen LogP) is 1.79. The number of hydrogen-bond acceptors (Lipinski definition) is 3. The van der Waals surface area contributed by atoms with Gasteiger partial charge in [-0.25, -0.2) is 0 Å². The summed E-state index contributed by atoms with van der Waals surface area (Å²) in [5.41, 5.74) is 6.51. The number of pyridine rings is 1. The lowest BCUT2D eigenvalue weighted by Crippen LogP contribution is -1.95. The van der Waals surface area contributed by atoms with Gasteiger partial charge in [-0.1, -0.05) is 12.6 Å². The highest BCUT2D eigenvalue weighted by molar-refractivity contribution is 8.02. The lowest BCUT2D eigenvalue weighted by molar-refractivity contribution is 1.05. The second-order valence-electron chi connectivity index (χ2n) is 2.39. The molecular formula is C9H12N2S. The molecule has 3 heteroatoms. The van der Waals surface area contributed by atoms with E-state index >= 15 is 0 Å². The Hall–Kier alpha value is -0.960. The van der Waals surface area contributed by atoms with Crippen LogP contribution in [0, 0.1) is 0 Å². The van der Waals surface area contributed by atoms with Crippen LogP contribution >= 0.6 is 11.8 Å². The minimum absolute atomic E-state index is 0.672. The topological polar surface area (TPSA) is 38.9 Å². The molecule has 0 bridgehead atoms. The molecule has 0 saturated carbocycles. The normalized spacial score (nSPS) is 9.67. The minimum atomic E-state index is 0.672. The number of hydrogen-bond donors (Lipinski definition) is 1. The van der Waals surface area contributed by atoms with Crippen LogP contribution in [0.15, 0.2) is 36.0 Å². The average molecular weight is 180 g/mol. The Kier molecular flexibility index (Phi) is 3.67. The Morgan fingerprint density at radius 2 is 2.42 bits per heavy atom. The lowest BCUT2D eigenvalue weighted by atomic mass is 10.3. The minimum Gasteiger partial charge on any atom is -0.394 e. The van der Waals surface area contributed by atoms with Crippen LogP contribution < -0.4 is 5.73 Å². The zero-order chi connectivity index (χ0) is 8.81. The number of aromatic nitrogens is 1. The first-order valence-corrected chi connectivity index (χ1v) is 4.74. The summed E-state index contributed by atoms with van der Waals surface area (Å²) in [6.45, 7) is 3.61. The van der Waals surface area contributed by atoms with E-state index in [0.717, 1.165) is 17.9 Å². The molecule has 12 heavy (non-hydrogen) atoms. The maximum Gasteiger partial charge on any atom is 0.0582 e. The molecule has 0 aliphatic heterocycles. The fourth-order valence-electron chi connectivity index (χ4n) is 0.833. The largest absolute Gasteiger partial charge is 0.394 e. The van der Waals surface area contributed by atoms with E-state index in [-0.39, 0.29) is 0 Å². The number of aryl methyl sites for hydroxylation is 1. The quantitative estimate of drug-likeness (QED) is 0.767. The third-order valence-corrected chi connectivity index (χ3v) is 2.15. The van der Waals surface area contributed by atoms with Crippen molar-refractivity contribution in [3.8, 4) is 0 Å². The molecule has 64 valence electrons. The Morgan fingerprint density at radius 3 is 3.00 bits per heavy atom. The summed E-state index contributed by atoms with van der Waals surface area (Å²) in [7, 11) is 0. The van der Waals surface area contributed by atoms with Crippen molar-refractivity contribution in [2.24, 2.45) is 5.73 Å². The molecule has 2 N–H and O–H groups in total. The van der Waals surface area contributed by atoms with Gasteiger partial charge in [0.05, 0.1) is 5.03 Å². The van der Waals surface area contributed by atoms with E-state index in [4.69, 9.17) is 5.73 Å². The van der Waals surface area contributed by atoms with E-state index in [0.29, 0.717) is 5.03 Å². The van der Waals surface area contributed by atoms with Crippen molar-refractivity contribution in [2.75, 3.05) is 5.75 Å². The summed E-state index contributed by atoms with van der Waals surface area (Å²) in [5, 5.41) is 0.672. The second kappa shape index (κ2) is 4.83. The second-order valence-corrected chi connectivity index (χ2v) is 3.61. The first-order valence-electron chi connectivity index (χ1n) is 3.76. The molecule has 0 fully saturated rings. The summed E-state index contributed by atoms with van der Waals surface area (Å²) in [6.07, 6.45) is 2.75.